The highest BCUT2D eigenvalue weighted by Crippen LogP contribution is 2.37. The quantitative estimate of drug-likeness (QED) is 0.0411. The van der Waals surface area contributed by atoms with Crippen LogP contribution >= 0.6 is 0 Å². The van der Waals surface area contributed by atoms with Crippen LogP contribution in [-0.4, -0.2) is 0 Å². The lowest BCUT2D eigenvalue weighted by Crippen LogP contribution is -2.06. The van der Waals surface area contributed by atoms with Crippen LogP contribution in [0.3, 0.4) is 0 Å². The molecule has 0 heterocycles. The molecule has 0 aliphatic carbocycles. The lowest BCUT2D eigenvalue weighted by molar-refractivity contribution is 0.545. The summed E-state index contributed by atoms with van der Waals surface area (Å²) in [6.45, 7) is 6.91. The molecule has 0 saturated heterocycles. The van der Waals surface area contributed by atoms with Crippen molar-refractivity contribution in [3.63, 3.8) is 0 Å². The van der Waals surface area contributed by atoms with Crippen LogP contribution < -0.4 is 11.5 Å². The largest absolute Gasteiger partial charge is 0.399 e. The Kier molecular flexibility index (Phi) is 21.9. The monoisotopic (exact) mass is 757 g/mol. The predicted octanol–water partition coefficient (Wildman–Crippen LogP) is 16.7. The van der Waals surface area contributed by atoms with Crippen LogP contribution in [0.5, 0.6) is 0 Å². The van der Waals surface area contributed by atoms with E-state index in [-0.39, 0.29) is 0 Å². The van der Waals surface area contributed by atoms with E-state index >= 15 is 0 Å². The van der Waals surface area contributed by atoms with Gasteiger partial charge in [0.25, 0.3) is 0 Å². The summed E-state index contributed by atoms with van der Waals surface area (Å²) in [5.41, 5.74) is 22.5. The average molecular weight is 757 g/mol. The summed E-state index contributed by atoms with van der Waals surface area (Å²) in [5, 5.41) is 0. The van der Waals surface area contributed by atoms with Crippen LogP contribution in [0, 0.1) is 0 Å². The highest BCUT2D eigenvalue weighted by atomic mass is 14.5. The van der Waals surface area contributed by atoms with Crippen molar-refractivity contribution in [2.24, 2.45) is 0 Å². The first-order chi connectivity index (χ1) is 27.5. The summed E-state index contributed by atoms with van der Waals surface area (Å²) in [5.74, 6) is 1.22. The zero-order valence-electron chi connectivity index (χ0n) is 36.1. The fourth-order valence-electron chi connectivity index (χ4n) is 8.87. The molecule has 0 aliphatic heterocycles. The summed E-state index contributed by atoms with van der Waals surface area (Å²) < 4.78 is 0. The number of rotatable bonds is 30. The van der Waals surface area contributed by atoms with E-state index in [1.165, 1.54) is 187 Å². The van der Waals surface area contributed by atoms with Gasteiger partial charge in [-0.2, -0.15) is 0 Å². The van der Waals surface area contributed by atoms with Crippen molar-refractivity contribution in [1.82, 2.24) is 0 Å². The van der Waals surface area contributed by atoms with Gasteiger partial charge in [0.15, 0.2) is 0 Å². The van der Waals surface area contributed by atoms with Crippen LogP contribution in [0.4, 0.5) is 11.4 Å². The van der Waals surface area contributed by atoms with Gasteiger partial charge in [0.2, 0.25) is 0 Å². The highest BCUT2D eigenvalue weighted by Gasteiger charge is 2.20. The van der Waals surface area contributed by atoms with E-state index < -0.39 is 0 Å². The molecule has 0 aromatic heterocycles. The molecule has 4 aromatic carbocycles. The minimum Gasteiger partial charge on any atom is -0.399 e. The van der Waals surface area contributed by atoms with Crippen molar-refractivity contribution >= 4 is 11.4 Å². The Labute approximate surface area is 344 Å². The zero-order chi connectivity index (χ0) is 39.6. The molecule has 4 aromatic rings. The maximum absolute atomic E-state index is 6.13. The first kappa shape index (κ1) is 45.2. The van der Waals surface area contributed by atoms with Gasteiger partial charge in [-0.1, -0.05) is 228 Å². The SMILES string of the molecule is CCCCCCCCCCCC(c1ccc(N)cc1)c1ccc(C(CCCCC)c2ccc(C(CCCCCCCCCCC)c3ccc(N)cc3)cc2)cc1. The van der Waals surface area contributed by atoms with Crippen LogP contribution in [0.1, 0.15) is 226 Å². The van der Waals surface area contributed by atoms with E-state index in [1.54, 1.807) is 0 Å². The summed E-state index contributed by atoms with van der Waals surface area (Å²) in [6, 6.07) is 36.9. The van der Waals surface area contributed by atoms with Crippen molar-refractivity contribution in [2.75, 3.05) is 11.5 Å². The van der Waals surface area contributed by atoms with E-state index in [4.69, 9.17) is 11.5 Å². The molecule has 2 nitrogen and oxygen atoms in total. The van der Waals surface area contributed by atoms with Gasteiger partial charge in [-0.3, -0.25) is 0 Å². The predicted molar refractivity (Wildman–Crippen MR) is 248 cm³/mol. The molecule has 0 spiro atoms. The van der Waals surface area contributed by atoms with Crippen LogP contribution in [-0.2, 0) is 0 Å². The fourth-order valence-corrected chi connectivity index (χ4v) is 8.87. The third-order valence-electron chi connectivity index (χ3n) is 12.4. The van der Waals surface area contributed by atoms with Gasteiger partial charge in [0.05, 0.1) is 0 Å². The summed E-state index contributed by atoms with van der Waals surface area (Å²) in [4.78, 5) is 0. The minimum atomic E-state index is 0.406. The first-order valence-electron chi connectivity index (χ1n) is 23.4. The first-order valence-corrected chi connectivity index (χ1v) is 23.4. The molecule has 2 atom stereocenters. The molecule has 2 unspecified atom stereocenters. The van der Waals surface area contributed by atoms with Gasteiger partial charge in [0, 0.05) is 29.1 Å². The third-order valence-corrected chi connectivity index (χ3v) is 12.4. The Bertz CT molecular complexity index is 1420. The third kappa shape index (κ3) is 16.1. The zero-order valence-corrected chi connectivity index (χ0v) is 36.1. The molecule has 56 heavy (non-hydrogen) atoms. The van der Waals surface area contributed by atoms with Gasteiger partial charge >= 0.3 is 0 Å². The van der Waals surface area contributed by atoms with Crippen molar-refractivity contribution < 1.29 is 0 Å². The van der Waals surface area contributed by atoms with Crippen LogP contribution in [0.15, 0.2) is 97.1 Å². The molecule has 0 bridgehead atoms. The van der Waals surface area contributed by atoms with E-state index in [9.17, 15) is 0 Å². The fraction of sp³-hybridized carbons (Fsp3) is 0.556. The Morgan fingerprint density at radius 2 is 0.446 bits per heavy atom. The molecular formula is C54H80N2. The minimum absolute atomic E-state index is 0.406. The molecule has 0 radical (unpaired) electrons. The lowest BCUT2D eigenvalue weighted by Gasteiger charge is -2.23. The number of unbranched alkanes of at least 4 members (excludes halogenated alkanes) is 18. The number of hydrogen-bond donors (Lipinski definition) is 2. The standard InChI is InChI=1S/C54H80N2/c1-4-7-10-12-14-16-18-20-23-26-53(48-36-40-50(55)41-37-48)46-32-28-44(29-33-46)52(25-22-9-6-3)45-30-34-47(35-31-45)54(49-38-42-51(56)43-39-49)27-24-21-19-17-15-13-11-8-5-2/h28-43,52-54H,4-27,55-56H2,1-3H3. The molecule has 4 N–H and O–H groups in total. The second kappa shape index (κ2) is 27.2. The lowest BCUT2D eigenvalue weighted by atomic mass is 9.82. The van der Waals surface area contributed by atoms with E-state index in [0.29, 0.717) is 17.8 Å². The number of benzene rings is 4. The second-order valence-electron chi connectivity index (χ2n) is 17.1. The van der Waals surface area contributed by atoms with Crippen molar-refractivity contribution in [2.45, 2.75) is 193 Å². The molecule has 4 rings (SSSR count). The number of hydrogen-bond acceptors (Lipinski definition) is 2. The van der Waals surface area contributed by atoms with Crippen molar-refractivity contribution in [1.29, 1.82) is 0 Å². The maximum Gasteiger partial charge on any atom is 0.0314 e. The summed E-state index contributed by atoms with van der Waals surface area (Å²) in [6.07, 6.45) is 31.9. The average Bonchev–Trinajstić information content (AvgIpc) is 3.22. The Balaban J connectivity index is 1.46. The summed E-state index contributed by atoms with van der Waals surface area (Å²) in [7, 11) is 0. The molecule has 0 fully saturated rings. The molecule has 2 heteroatoms. The molecule has 0 amide bonds. The van der Waals surface area contributed by atoms with Gasteiger partial charge in [-0.15, -0.1) is 0 Å². The van der Waals surface area contributed by atoms with Crippen LogP contribution in [0.2, 0.25) is 0 Å². The molecule has 306 valence electrons. The number of nitrogen functional groups attached to an aromatic ring is 2. The number of nitrogens with two attached hydrogens (primary N) is 2. The van der Waals surface area contributed by atoms with Gasteiger partial charge in [-0.25, -0.2) is 0 Å². The van der Waals surface area contributed by atoms with E-state index in [1.807, 2.05) is 0 Å². The molecule has 0 aliphatic rings. The molecular weight excluding hydrogens is 677 g/mol. The second-order valence-corrected chi connectivity index (χ2v) is 17.1. The normalized spacial score (nSPS) is 13.1. The summed E-state index contributed by atoms with van der Waals surface area (Å²) >= 11 is 0. The van der Waals surface area contributed by atoms with Crippen LogP contribution in [0.25, 0.3) is 0 Å². The topological polar surface area (TPSA) is 52.0 Å². The van der Waals surface area contributed by atoms with Gasteiger partial charge in [0.1, 0.15) is 0 Å². The van der Waals surface area contributed by atoms with Gasteiger partial charge < -0.3 is 11.5 Å². The Hall–Kier alpha value is -3.52. The molecule has 0 saturated carbocycles. The van der Waals surface area contributed by atoms with E-state index in [2.05, 4.69) is 118 Å². The van der Waals surface area contributed by atoms with Gasteiger partial charge in [-0.05, 0) is 76.9 Å². The van der Waals surface area contributed by atoms with Crippen molar-refractivity contribution in [3.05, 3.63) is 130 Å². The van der Waals surface area contributed by atoms with Crippen molar-refractivity contribution in [3.8, 4) is 0 Å². The smallest absolute Gasteiger partial charge is 0.0314 e. The number of anilines is 2. The maximum atomic E-state index is 6.13. The Morgan fingerprint density at radius 3 is 0.696 bits per heavy atom. The Morgan fingerprint density at radius 1 is 0.268 bits per heavy atom. The van der Waals surface area contributed by atoms with E-state index in [0.717, 1.165) is 11.4 Å². The highest BCUT2D eigenvalue weighted by molar-refractivity contribution is 5.45.